The van der Waals surface area contributed by atoms with Crippen LogP contribution in [0.15, 0.2) is 66.7 Å². The summed E-state index contributed by atoms with van der Waals surface area (Å²) in [5.74, 6) is -1.32. The molecule has 6 nitrogen and oxygen atoms in total. The molecular weight excluding hydrogens is 382 g/mol. The number of hydrogen-bond acceptors (Lipinski definition) is 5. The van der Waals surface area contributed by atoms with E-state index in [1.165, 1.54) is 0 Å². The van der Waals surface area contributed by atoms with Crippen LogP contribution in [0.3, 0.4) is 0 Å². The van der Waals surface area contributed by atoms with Crippen molar-refractivity contribution in [2.24, 2.45) is 5.92 Å². The molecule has 1 saturated heterocycles. The van der Waals surface area contributed by atoms with Gasteiger partial charge in [-0.2, -0.15) is 0 Å². The van der Waals surface area contributed by atoms with Gasteiger partial charge < -0.3 is 14.9 Å². The van der Waals surface area contributed by atoms with Gasteiger partial charge in [0.2, 0.25) is 5.91 Å². The van der Waals surface area contributed by atoms with Crippen molar-refractivity contribution in [3.8, 4) is 0 Å². The lowest BCUT2D eigenvalue weighted by Gasteiger charge is -2.26. The maximum Gasteiger partial charge on any atom is 0.416 e. The van der Waals surface area contributed by atoms with Crippen LogP contribution in [0.4, 0.5) is 4.79 Å². The van der Waals surface area contributed by atoms with Crippen molar-refractivity contribution < 1.29 is 24.5 Å². The minimum atomic E-state index is -1.09. The number of hydrogen-bond donors (Lipinski definition) is 2. The van der Waals surface area contributed by atoms with Crippen LogP contribution in [0.5, 0.6) is 0 Å². The second-order valence-corrected chi connectivity index (χ2v) is 7.36. The van der Waals surface area contributed by atoms with Crippen molar-refractivity contribution in [2.75, 3.05) is 13.2 Å². The number of benzene rings is 2. The highest BCUT2D eigenvalue weighted by Crippen LogP contribution is 2.24. The summed E-state index contributed by atoms with van der Waals surface area (Å²) in [6.45, 7) is 0.0267. The van der Waals surface area contributed by atoms with Gasteiger partial charge in [-0.1, -0.05) is 72.8 Å². The van der Waals surface area contributed by atoms with Gasteiger partial charge in [-0.05, 0) is 30.4 Å². The molecule has 0 aliphatic carbocycles. The first-order valence-corrected chi connectivity index (χ1v) is 10.2. The Morgan fingerprint density at radius 1 is 1.13 bits per heavy atom. The van der Waals surface area contributed by atoms with E-state index >= 15 is 0 Å². The van der Waals surface area contributed by atoms with Gasteiger partial charge in [0.05, 0.1) is 18.1 Å². The third-order valence-corrected chi connectivity index (χ3v) is 5.20. The van der Waals surface area contributed by atoms with Crippen molar-refractivity contribution in [2.45, 2.75) is 31.4 Å². The zero-order chi connectivity index (χ0) is 21.3. The molecule has 0 unspecified atom stereocenters. The Bertz CT molecular complexity index is 852. The lowest BCUT2D eigenvalue weighted by molar-refractivity contribution is -0.136. The van der Waals surface area contributed by atoms with E-state index in [1.807, 2.05) is 60.7 Å². The fourth-order valence-electron chi connectivity index (χ4n) is 3.61. The Labute approximate surface area is 176 Å². The molecule has 0 radical (unpaired) electrons. The zero-order valence-electron chi connectivity index (χ0n) is 16.8. The molecule has 1 heterocycles. The summed E-state index contributed by atoms with van der Waals surface area (Å²) in [6.07, 6.45) is 2.62. The summed E-state index contributed by atoms with van der Waals surface area (Å²) in [6, 6.07) is 18.6. The van der Waals surface area contributed by atoms with E-state index in [2.05, 4.69) is 0 Å². The third kappa shape index (κ3) is 5.55. The van der Waals surface area contributed by atoms with Gasteiger partial charge in [0.1, 0.15) is 6.61 Å². The molecule has 0 bridgehead atoms. The van der Waals surface area contributed by atoms with E-state index < -0.39 is 30.1 Å². The van der Waals surface area contributed by atoms with E-state index in [0.29, 0.717) is 12.8 Å². The van der Waals surface area contributed by atoms with Crippen LogP contribution in [0.1, 0.15) is 24.0 Å². The van der Waals surface area contributed by atoms with Gasteiger partial charge >= 0.3 is 6.09 Å². The lowest BCUT2D eigenvalue weighted by atomic mass is 9.93. The van der Waals surface area contributed by atoms with Crippen LogP contribution in [0, 0.1) is 5.92 Å². The number of ether oxygens (including phenoxy) is 1. The van der Waals surface area contributed by atoms with Crippen molar-refractivity contribution in [1.82, 2.24) is 4.90 Å². The van der Waals surface area contributed by atoms with Crippen LogP contribution >= 0.6 is 0 Å². The second-order valence-electron chi connectivity index (χ2n) is 7.36. The van der Waals surface area contributed by atoms with E-state index in [-0.39, 0.29) is 19.6 Å². The highest BCUT2D eigenvalue weighted by atomic mass is 16.6. The lowest BCUT2D eigenvalue weighted by Crippen LogP contribution is -2.46. The molecule has 0 saturated carbocycles. The monoisotopic (exact) mass is 409 g/mol. The molecule has 1 aliphatic rings. The molecule has 0 aromatic heterocycles. The van der Waals surface area contributed by atoms with Gasteiger partial charge in [-0.15, -0.1) is 0 Å². The number of aliphatic hydroxyl groups is 2. The normalized spacial score (nSPS) is 18.4. The molecule has 3 rings (SSSR count). The molecule has 1 aliphatic heterocycles. The van der Waals surface area contributed by atoms with E-state index in [4.69, 9.17) is 4.74 Å². The number of nitrogens with zero attached hydrogens (tertiary/aromatic N) is 1. The molecular formula is C24H27NO5. The van der Waals surface area contributed by atoms with Gasteiger partial charge in [0.25, 0.3) is 0 Å². The van der Waals surface area contributed by atoms with Crippen molar-refractivity contribution >= 4 is 18.1 Å². The molecule has 2 aromatic rings. The highest BCUT2D eigenvalue weighted by molar-refractivity contribution is 5.95. The quantitative estimate of drug-likeness (QED) is 0.665. The predicted octanol–water partition coefficient (Wildman–Crippen LogP) is 3.04. The fraction of sp³-hybridized carbons (Fsp3) is 0.333. The van der Waals surface area contributed by atoms with Crippen LogP contribution in [-0.4, -0.2) is 52.5 Å². The van der Waals surface area contributed by atoms with Gasteiger partial charge in [-0.25, -0.2) is 9.69 Å². The molecule has 6 heteroatoms. The van der Waals surface area contributed by atoms with Crippen LogP contribution in [0.2, 0.25) is 0 Å². The van der Waals surface area contributed by atoms with E-state index in [0.717, 1.165) is 16.0 Å². The first-order chi connectivity index (χ1) is 14.6. The minimum absolute atomic E-state index is 0.100. The van der Waals surface area contributed by atoms with Crippen LogP contribution in [-0.2, 0) is 16.0 Å². The number of cyclic esters (lactones) is 1. The van der Waals surface area contributed by atoms with Gasteiger partial charge in [0, 0.05) is 6.61 Å². The predicted molar refractivity (Wildman–Crippen MR) is 113 cm³/mol. The summed E-state index contributed by atoms with van der Waals surface area (Å²) >= 11 is 0. The fourth-order valence-corrected chi connectivity index (χ4v) is 3.61. The first-order valence-electron chi connectivity index (χ1n) is 10.2. The zero-order valence-corrected chi connectivity index (χ0v) is 16.8. The Kier molecular flexibility index (Phi) is 7.76. The molecule has 158 valence electrons. The average Bonchev–Trinajstić information content (AvgIpc) is 3.13. The Hall–Kier alpha value is -2.96. The summed E-state index contributed by atoms with van der Waals surface area (Å²) in [5.41, 5.74) is 1.89. The Morgan fingerprint density at radius 3 is 2.47 bits per heavy atom. The molecule has 1 fully saturated rings. The van der Waals surface area contributed by atoms with Gasteiger partial charge in [-0.3, -0.25) is 4.79 Å². The first kappa shape index (κ1) is 21.7. The number of carbonyl (C=O) groups is 2. The molecule has 0 spiro atoms. The Balaban J connectivity index is 1.76. The van der Waals surface area contributed by atoms with Crippen molar-refractivity contribution in [3.05, 3.63) is 77.9 Å². The average molecular weight is 409 g/mol. The summed E-state index contributed by atoms with van der Waals surface area (Å²) in [5, 5.41) is 20.0. The topological polar surface area (TPSA) is 87.1 Å². The summed E-state index contributed by atoms with van der Waals surface area (Å²) in [7, 11) is 0. The molecule has 2 amide bonds. The number of rotatable bonds is 9. The standard InChI is InChI=1S/C24H27NO5/c26-15-7-12-21(22(27)14-13-18-8-3-1-4-9-18)23(28)25-20(17-30-24(25)29)16-19-10-5-2-6-11-19/h1-6,8-11,13-14,20-22,26-27H,7,12,15-17H2/b14-13+/t20-,21-,22-/m1/s1. The van der Waals surface area contributed by atoms with E-state index in [9.17, 15) is 19.8 Å². The van der Waals surface area contributed by atoms with Crippen LogP contribution in [0.25, 0.3) is 6.08 Å². The van der Waals surface area contributed by atoms with Crippen molar-refractivity contribution in [3.63, 3.8) is 0 Å². The number of imide groups is 1. The number of amides is 2. The maximum absolute atomic E-state index is 13.3. The minimum Gasteiger partial charge on any atom is -0.447 e. The molecule has 30 heavy (non-hydrogen) atoms. The van der Waals surface area contributed by atoms with Crippen molar-refractivity contribution in [1.29, 1.82) is 0 Å². The molecule has 2 N–H and O–H groups in total. The SMILES string of the molecule is O=C1OC[C@@H](Cc2ccccc2)N1C(=O)[C@H](CCCO)[C@H](O)/C=C/c1ccccc1. The molecule has 2 aromatic carbocycles. The largest absolute Gasteiger partial charge is 0.447 e. The van der Waals surface area contributed by atoms with Crippen LogP contribution < -0.4 is 0 Å². The van der Waals surface area contributed by atoms with E-state index in [1.54, 1.807) is 12.2 Å². The molecule has 3 atom stereocenters. The number of carbonyl (C=O) groups excluding carboxylic acids is 2. The number of aliphatic hydroxyl groups excluding tert-OH is 2. The maximum atomic E-state index is 13.3. The Morgan fingerprint density at radius 2 is 1.80 bits per heavy atom. The second kappa shape index (κ2) is 10.7. The summed E-state index contributed by atoms with van der Waals surface area (Å²) < 4.78 is 5.15. The smallest absolute Gasteiger partial charge is 0.416 e. The third-order valence-electron chi connectivity index (χ3n) is 5.20. The summed E-state index contributed by atoms with van der Waals surface area (Å²) in [4.78, 5) is 26.7. The highest BCUT2D eigenvalue weighted by Gasteiger charge is 2.42. The van der Waals surface area contributed by atoms with Gasteiger partial charge in [0.15, 0.2) is 0 Å².